The number of benzene rings is 2. The quantitative estimate of drug-likeness (QED) is 0.909. The Morgan fingerprint density at radius 1 is 1.10 bits per heavy atom. The molecular formula is C17H19NO2. The normalized spacial score (nSPS) is 10.4. The molecule has 20 heavy (non-hydrogen) atoms. The van der Waals surface area contributed by atoms with E-state index in [0.717, 1.165) is 17.0 Å². The largest absolute Gasteiger partial charge is 0.491 e. The number of amides is 1. The summed E-state index contributed by atoms with van der Waals surface area (Å²) in [6.45, 7) is 5.87. The molecule has 2 aromatic carbocycles. The summed E-state index contributed by atoms with van der Waals surface area (Å²) in [6, 6.07) is 14.9. The van der Waals surface area contributed by atoms with E-state index in [1.54, 1.807) is 0 Å². The fourth-order valence-electron chi connectivity index (χ4n) is 1.95. The van der Waals surface area contributed by atoms with Crippen LogP contribution in [-0.4, -0.2) is 12.0 Å². The molecule has 3 nitrogen and oxygen atoms in total. The highest BCUT2D eigenvalue weighted by molar-refractivity contribution is 6.05. The summed E-state index contributed by atoms with van der Waals surface area (Å²) in [5.74, 6) is 0.646. The Morgan fingerprint density at radius 3 is 2.55 bits per heavy atom. The summed E-state index contributed by atoms with van der Waals surface area (Å²) in [6.07, 6.45) is 0.109. The Bertz CT molecular complexity index is 605. The first kappa shape index (κ1) is 14.1. The van der Waals surface area contributed by atoms with Gasteiger partial charge in [0.25, 0.3) is 5.91 Å². The highest BCUT2D eigenvalue weighted by Crippen LogP contribution is 2.19. The van der Waals surface area contributed by atoms with Crippen molar-refractivity contribution in [3.8, 4) is 5.75 Å². The maximum absolute atomic E-state index is 12.2. The van der Waals surface area contributed by atoms with Crippen LogP contribution in [-0.2, 0) is 0 Å². The minimum Gasteiger partial charge on any atom is -0.491 e. The van der Waals surface area contributed by atoms with Gasteiger partial charge in [-0.05, 0) is 44.5 Å². The fourth-order valence-corrected chi connectivity index (χ4v) is 1.95. The van der Waals surface area contributed by atoms with E-state index < -0.39 is 0 Å². The number of aryl methyl sites for hydroxylation is 1. The van der Waals surface area contributed by atoms with Gasteiger partial charge in [-0.1, -0.05) is 24.3 Å². The Morgan fingerprint density at radius 2 is 1.85 bits per heavy atom. The number of hydrogen-bond donors (Lipinski definition) is 1. The molecule has 0 aromatic heterocycles. The standard InChI is InChI=1S/C17H19NO2/c1-12(2)20-15-9-6-8-14(11-15)18-17(19)16-10-5-4-7-13(16)3/h4-12H,1-3H3,(H,18,19). The zero-order valence-electron chi connectivity index (χ0n) is 12.0. The number of carbonyl (C=O) groups excluding carboxylic acids is 1. The van der Waals surface area contributed by atoms with Crippen molar-refractivity contribution in [3.63, 3.8) is 0 Å². The van der Waals surface area contributed by atoms with Gasteiger partial charge in [0, 0.05) is 17.3 Å². The highest BCUT2D eigenvalue weighted by atomic mass is 16.5. The van der Waals surface area contributed by atoms with E-state index in [9.17, 15) is 4.79 Å². The molecule has 1 amide bonds. The van der Waals surface area contributed by atoms with Crippen LogP contribution in [0.15, 0.2) is 48.5 Å². The number of carbonyl (C=O) groups is 1. The molecule has 0 bridgehead atoms. The zero-order chi connectivity index (χ0) is 14.5. The topological polar surface area (TPSA) is 38.3 Å². The van der Waals surface area contributed by atoms with Gasteiger partial charge < -0.3 is 10.1 Å². The van der Waals surface area contributed by atoms with Crippen molar-refractivity contribution in [1.82, 2.24) is 0 Å². The molecule has 0 atom stereocenters. The molecule has 0 aliphatic heterocycles. The predicted octanol–water partition coefficient (Wildman–Crippen LogP) is 4.03. The maximum atomic E-state index is 12.2. The van der Waals surface area contributed by atoms with Crippen LogP contribution in [0.1, 0.15) is 29.8 Å². The summed E-state index contributed by atoms with van der Waals surface area (Å²) in [7, 11) is 0. The molecule has 104 valence electrons. The molecule has 2 aromatic rings. The lowest BCUT2D eigenvalue weighted by Crippen LogP contribution is -2.13. The third-order valence-corrected chi connectivity index (χ3v) is 2.85. The second-order valence-electron chi connectivity index (χ2n) is 4.96. The first-order chi connectivity index (χ1) is 9.56. The van der Waals surface area contributed by atoms with Crippen molar-refractivity contribution < 1.29 is 9.53 Å². The van der Waals surface area contributed by atoms with E-state index in [1.165, 1.54) is 0 Å². The van der Waals surface area contributed by atoms with Gasteiger partial charge in [-0.3, -0.25) is 4.79 Å². The van der Waals surface area contributed by atoms with Crippen molar-refractivity contribution in [1.29, 1.82) is 0 Å². The molecule has 0 aliphatic rings. The molecule has 2 rings (SSSR count). The van der Waals surface area contributed by atoms with Crippen LogP contribution < -0.4 is 10.1 Å². The Labute approximate surface area is 119 Å². The summed E-state index contributed by atoms with van der Waals surface area (Å²) in [5.41, 5.74) is 2.37. The zero-order valence-corrected chi connectivity index (χ0v) is 12.0. The van der Waals surface area contributed by atoms with E-state index in [2.05, 4.69) is 5.32 Å². The van der Waals surface area contributed by atoms with Gasteiger partial charge in [0.1, 0.15) is 5.75 Å². The number of anilines is 1. The molecule has 0 saturated carbocycles. The molecule has 0 aliphatic carbocycles. The van der Waals surface area contributed by atoms with Gasteiger partial charge in [0.15, 0.2) is 0 Å². The SMILES string of the molecule is Cc1ccccc1C(=O)Nc1cccc(OC(C)C)c1. The van der Waals surface area contributed by atoms with Gasteiger partial charge in [-0.2, -0.15) is 0 Å². The van der Waals surface area contributed by atoms with Gasteiger partial charge in [-0.25, -0.2) is 0 Å². The van der Waals surface area contributed by atoms with Crippen molar-refractivity contribution in [2.24, 2.45) is 0 Å². The van der Waals surface area contributed by atoms with E-state index in [-0.39, 0.29) is 12.0 Å². The third kappa shape index (κ3) is 3.60. The maximum Gasteiger partial charge on any atom is 0.255 e. The van der Waals surface area contributed by atoms with Crippen LogP contribution in [0.3, 0.4) is 0 Å². The minimum absolute atomic E-state index is 0.107. The molecular weight excluding hydrogens is 250 g/mol. The molecule has 0 saturated heterocycles. The highest BCUT2D eigenvalue weighted by Gasteiger charge is 2.09. The smallest absolute Gasteiger partial charge is 0.255 e. The van der Waals surface area contributed by atoms with Crippen LogP contribution in [0.25, 0.3) is 0 Å². The number of nitrogens with one attached hydrogen (secondary N) is 1. The van der Waals surface area contributed by atoms with E-state index >= 15 is 0 Å². The minimum atomic E-state index is -0.107. The van der Waals surface area contributed by atoms with Crippen molar-refractivity contribution >= 4 is 11.6 Å². The van der Waals surface area contributed by atoms with Crippen LogP contribution in [0, 0.1) is 6.92 Å². The first-order valence-corrected chi connectivity index (χ1v) is 6.70. The fraction of sp³-hybridized carbons (Fsp3) is 0.235. The van der Waals surface area contributed by atoms with Gasteiger partial charge in [-0.15, -0.1) is 0 Å². The van der Waals surface area contributed by atoms with E-state index in [4.69, 9.17) is 4.74 Å². The average molecular weight is 269 g/mol. The number of rotatable bonds is 4. The van der Waals surface area contributed by atoms with Crippen molar-refractivity contribution in [2.75, 3.05) is 5.32 Å². The number of ether oxygens (including phenoxy) is 1. The average Bonchev–Trinajstić information content (AvgIpc) is 2.38. The van der Waals surface area contributed by atoms with Crippen LogP contribution in [0.5, 0.6) is 5.75 Å². The monoisotopic (exact) mass is 269 g/mol. The summed E-state index contributed by atoms with van der Waals surface area (Å²) >= 11 is 0. The van der Waals surface area contributed by atoms with Crippen LogP contribution in [0.2, 0.25) is 0 Å². The molecule has 0 heterocycles. The second-order valence-corrected chi connectivity index (χ2v) is 4.96. The van der Waals surface area contributed by atoms with Crippen LogP contribution in [0.4, 0.5) is 5.69 Å². The second kappa shape index (κ2) is 6.24. The third-order valence-electron chi connectivity index (χ3n) is 2.85. The molecule has 1 N–H and O–H groups in total. The molecule has 3 heteroatoms. The van der Waals surface area contributed by atoms with Gasteiger partial charge in [0.05, 0.1) is 6.10 Å². The summed E-state index contributed by atoms with van der Waals surface area (Å²) < 4.78 is 5.61. The molecule has 0 unspecified atom stereocenters. The Hall–Kier alpha value is -2.29. The van der Waals surface area contributed by atoms with Gasteiger partial charge >= 0.3 is 0 Å². The Balaban J connectivity index is 2.14. The van der Waals surface area contributed by atoms with E-state index in [0.29, 0.717) is 5.56 Å². The molecule has 0 radical (unpaired) electrons. The lowest BCUT2D eigenvalue weighted by Gasteiger charge is -2.12. The molecule has 0 fully saturated rings. The Kier molecular flexibility index (Phi) is 4.41. The lowest BCUT2D eigenvalue weighted by atomic mass is 10.1. The van der Waals surface area contributed by atoms with E-state index in [1.807, 2.05) is 69.3 Å². The van der Waals surface area contributed by atoms with Crippen molar-refractivity contribution in [2.45, 2.75) is 26.9 Å². The first-order valence-electron chi connectivity index (χ1n) is 6.70. The van der Waals surface area contributed by atoms with Crippen molar-refractivity contribution in [3.05, 3.63) is 59.7 Å². The summed E-state index contributed by atoms with van der Waals surface area (Å²) in [4.78, 5) is 12.2. The molecule has 0 spiro atoms. The summed E-state index contributed by atoms with van der Waals surface area (Å²) in [5, 5.41) is 2.89. The predicted molar refractivity (Wildman–Crippen MR) is 81.3 cm³/mol. The lowest BCUT2D eigenvalue weighted by molar-refractivity contribution is 0.102. The van der Waals surface area contributed by atoms with Gasteiger partial charge in [0.2, 0.25) is 0 Å². The van der Waals surface area contributed by atoms with Crippen LogP contribution >= 0.6 is 0 Å². The number of hydrogen-bond acceptors (Lipinski definition) is 2.